The first-order chi connectivity index (χ1) is 6.25. The van der Waals surface area contributed by atoms with Crippen LogP contribution < -0.4 is 5.73 Å². The molecule has 1 aromatic carbocycles. The quantitative estimate of drug-likeness (QED) is 0.721. The smallest absolute Gasteiger partial charge is 0.0426 e. The third-order valence-electron chi connectivity index (χ3n) is 2.84. The van der Waals surface area contributed by atoms with E-state index in [9.17, 15) is 0 Å². The molecule has 1 nitrogen and oxygen atoms in total. The highest BCUT2D eigenvalue weighted by molar-refractivity contribution is 6.30. The molecule has 0 radical (unpaired) electrons. The van der Waals surface area contributed by atoms with Gasteiger partial charge in [0.25, 0.3) is 0 Å². The minimum absolute atomic E-state index is 0.731. The lowest BCUT2D eigenvalue weighted by Crippen LogP contribution is -2.14. The predicted octanol–water partition coefficient (Wildman–Crippen LogP) is 3.26. The van der Waals surface area contributed by atoms with Gasteiger partial charge in [-0.2, -0.15) is 0 Å². The van der Waals surface area contributed by atoms with Gasteiger partial charge in [-0.3, -0.25) is 0 Å². The molecule has 0 unspecified atom stereocenters. The summed E-state index contributed by atoms with van der Waals surface area (Å²) in [6, 6.07) is 5.82. The SMILES string of the molecule is Nc1cc(Cl)ccc1CC1CCC1. The largest absolute Gasteiger partial charge is 0.398 e. The van der Waals surface area contributed by atoms with Gasteiger partial charge < -0.3 is 5.73 Å². The average Bonchev–Trinajstić information content (AvgIpc) is 1.99. The van der Waals surface area contributed by atoms with Crippen LogP contribution in [0.1, 0.15) is 24.8 Å². The number of rotatable bonds is 2. The lowest BCUT2D eigenvalue weighted by atomic mass is 9.81. The van der Waals surface area contributed by atoms with Crippen LogP contribution in [0.15, 0.2) is 18.2 Å². The van der Waals surface area contributed by atoms with Crippen molar-refractivity contribution in [3.05, 3.63) is 28.8 Å². The Morgan fingerprint density at radius 2 is 2.15 bits per heavy atom. The number of nitrogen functional groups attached to an aromatic ring is 1. The van der Waals surface area contributed by atoms with Crippen molar-refractivity contribution in [1.82, 2.24) is 0 Å². The van der Waals surface area contributed by atoms with Crippen LogP contribution in [0.5, 0.6) is 0 Å². The maximum Gasteiger partial charge on any atom is 0.0426 e. The van der Waals surface area contributed by atoms with Crippen LogP contribution in [0.2, 0.25) is 5.02 Å². The number of hydrogen-bond acceptors (Lipinski definition) is 1. The Morgan fingerprint density at radius 3 is 2.69 bits per heavy atom. The maximum absolute atomic E-state index is 5.86. The molecule has 0 saturated heterocycles. The second-order valence-electron chi connectivity index (χ2n) is 3.84. The first-order valence-electron chi connectivity index (χ1n) is 4.79. The van der Waals surface area contributed by atoms with Crippen LogP contribution in [-0.2, 0) is 6.42 Å². The first-order valence-corrected chi connectivity index (χ1v) is 5.17. The van der Waals surface area contributed by atoms with Crippen LogP contribution >= 0.6 is 11.6 Å². The Balaban J connectivity index is 2.10. The maximum atomic E-state index is 5.86. The number of benzene rings is 1. The van der Waals surface area contributed by atoms with E-state index in [1.54, 1.807) is 0 Å². The summed E-state index contributed by atoms with van der Waals surface area (Å²) >= 11 is 5.82. The number of hydrogen-bond donors (Lipinski definition) is 1. The van der Waals surface area contributed by atoms with E-state index < -0.39 is 0 Å². The van der Waals surface area contributed by atoms with Crippen molar-refractivity contribution in [1.29, 1.82) is 0 Å². The molecule has 0 aliphatic heterocycles. The van der Waals surface area contributed by atoms with Crippen molar-refractivity contribution < 1.29 is 0 Å². The second kappa shape index (κ2) is 3.59. The van der Waals surface area contributed by atoms with Gasteiger partial charge in [-0.15, -0.1) is 0 Å². The monoisotopic (exact) mass is 195 g/mol. The van der Waals surface area contributed by atoms with Crippen molar-refractivity contribution >= 4 is 17.3 Å². The topological polar surface area (TPSA) is 26.0 Å². The fraction of sp³-hybridized carbons (Fsp3) is 0.455. The highest BCUT2D eigenvalue weighted by atomic mass is 35.5. The summed E-state index contributed by atoms with van der Waals surface area (Å²) in [6.07, 6.45) is 5.24. The minimum atomic E-state index is 0.731. The van der Waals surface area contributed by atoms with Crippen LogP contribution in [-0.4, -0.2) is 0 Å². The fourth-order valence-electron chi connectivity index (χ4n) is 1.76. The van der Waals surface area contributed by atoms with Gasteiger partial charge in [-0.1, -0.05) is 36.9 Å². The third-order valence-corrected chi connectivity index (χ3v) is 3.08. The molecule has 0 amide bonds. The van der Waals surface area contributed by atoms with Crippen molar-refractivity contribution in [3.63, 3.8) is 0 Å². The van der Waals surface area contributed by atoms with Gasteiger partial charge in [-0.25, -0.2) is 0 Å². The molecule has 0 heterocycles. The Labute approximate surface area is 83.9 Å². The van der Waals surface area contributed by atoms with E-state index in [1.807, 2.05) is 12.1 Å². The van der Waals surface area contributed by atoms with E-state index in [0.29, 0.717) is 0 Å². The summed E-state index contributed by atoms with van der Waals surface area (Å²) in [4.78, 5) is 0. The van der Waals surface area contributed by atoms with Gasteiger partial charge in [0.1, 0.15) is 0 Å². The van der Waals surface area contributed by atoms with E-state index in [0.717, 1.165) is 23.0 Å². The number of halogens is 1. The van der Waals surface area contributed by atoms with Crippen LogP contribution in [0.4, 0.5) is 5.69 Å². The number of nitrogens with two attached hydrogens (primary N) is 1. The Bertz CT molecular complexity index is 305. The van der Waals surface area contributed by atoms with Gasteiger partial charge in [0.2, 0.25) is 0 Å². The van der Waals surface area contributed by atoms with E-state index >= 15 is 0 Å². The molecule has 1 aliphatic rings. The first kappa shape index (κ1) is 8.89. The summed E-state index contributed by atoms with van der Waals surface area (Å²) in [5.74, 6) is 0.864. The van der Waals surface area contributed by atoms with E-state index in [4.69, 9.17) is 17.3 Å². The molecule has 1 saturated carbocycles. The van der Waals surface area contributed by atoms with Crippen molar-refractivity contribution in [2.75, 3.05) is 5.73 Å². The Kier molecular flexibility index (Phi) is 2.45. The normalized spacial score (nSPS) is 17.0. The zero-order chi connectivity index (χ0) is 9.26. The lowest BCUT2D eigenvalue weighted by Gasteiger charge is -2.25. The summed E-state index contributed by atoms with van der Waals surface area (Å²) in [7, 11) is 0. The summed E-state index contributed by atoms with van der Waals surface area (Å²) in [5.41, 5.74) is 7.97. The van der Waals surface area contributed by atoms with E-state index in [1.165, 1.54) is 24.8 Å². The molecule has 1 aromatic rings. The molecule has 13 heavy (non-hydrogen) atoms. The standard InChI is InChI=1S/C11H14ClN/c12-10-5-4-9(11(13)7-10)6-8-2-1-3-8/h4-5,7-8H,1-3,6,13H2. The van der Waals surface area contributed by atoms with E-state index in [2.05, 4.69) is 6.07 Å². The minimum Gasteiger partial charge on any atom is -0.398 e. The van der Waals surface area contributed by atoms with Crippen LogP contribution in [0, 0.1) is 5.92 Å². The molecule has 0 aromatic heterocycles. The zero-order valence-electron chi connectivity index (χ0n) is 7.59. The van der Waals surface area contributed by atoms with Crippen LogP contribution in [0.3, 0.4) is 0 Å². The third kappa shape index (κ3) is 1.97. The molecule has 0 bridgehead atoms. The molecule has 0 atom stereocenters. The molecule has 2 N–H and O–H groups in total. The fourth-order valence-corrected chi connectivity index (χ4v) is 1.94. The second-order valence-corrected chi connectivity index (χ2v) is 4.28. The summed E-state index contributed by atoms with van der Waals surface area (Å²) in [6.45, 7) is 0. The molecule has 70 valence electrons. The Hall–Kier alpha value is -0.690. The zero-order valence-corrected chi connectivity index (χ0v) is 8.35. The summed E-state index contributed by atoms with van der Waals surface area (Å²) in [5, 5.41) is 0.731. The molecule has 1 fully saturated rings. The molecule has 2 rings (SSSR count). The van der Waals surface area contributed by atoms with Gasteiger partial charge in [0.15, 0.2) is 0 Å². The van der Waals surface area contributed by atoms with Gasteiger partial charge in [0, 0.05) is 10.7 Å². The van der Waals surface area contributed by atoms with Crippen molar-refractivity contribution in [2.24, 2.45) is 5.92 Å². The predicted molar refractivity (Wildman–Crippen MR) is 56.9 cm³/mol. The molecular weight excluding hydrogens is 182 g/mol. The number of anilines is 1. The van der Waals surface area contributed by atoms with Crippen LogP contribution in [0.25, 0.3) is 0 Å². The van der Waals surface area contributed by atoms with Crippen molar-refractivity contribution in [3.8, 4) is 0 Å². The molecule has 0 spiro atoms. The van der Waals surface area contributed by atoms with Gasteiger partial charge in [-0.05, 0) is 30.0 Å². The van der Waals surface area contributed by atoms with Crippen molar-refractivity contribution in [2.45, 2.75) is 25.7 Å². The van der Waals surface area contributed by atoms with Gasteiger partial charge >= 0.3 is 0 Å². The molecular formula is C11H14ClN. The van der Waals surface area contributed by atoms with Gasteiger partial charge in [0.05, 0.1) is 0 Å². The lowest BCUT2D eigenvalue weighted by molar-refractivity contribution is 0.315. The highest BCUT2D eigenvalue weighted by Gasteiger charge is 2.18. The van der Waals surface area contributed by atoms with E-state index in [-0.39, 0.29) is 0 Å². The Morgan fingerprint density at radius 1 is 1.38 bits per heavy atom. The molecule has 2 heteroatoms. The molecule has 1 aliphatic carbocycles. The average molecular weight is 196 g/mol. The highest BCUT2D eigenvalue weighted by Crippen LogP contribution is 2.31. The summed E-state index contributed by atoms with van der Waals surface area (Å²) < 4.78 is 0.